The maximum atomic E-state index is 12.8. The van der Waals surface area contributed by atoms with Crippen molar-refractivity contribution in [2.24, 2.45) is 0 Å². The standard InChI is InChI=1S/C14H20F3NO/c1-12(2,13(3,4)19)18-9-10-7-5-6-8-11(10)14(15,16)17/h5-8,18-19H,9H2,1-4H3. The second-order valence-electron chi connectivity index (χ2n) is 5.69. The minimum atomic E-state index is -4.36. The van der Waals surface area contributed by atoms with Crippen molar-refractivity contribution in [3.05, 3.63) is 35.4 Å². The SMILES string of the molecule is CC(C)(O)C(C)(C)NCc1ccccc1C(F)(F)F. The zero-order valence-corrected chi connectivity index (χ0v) is 11.6. The van der Waals surface area contributed by atoms with E-state index in [1.54, 1.807) is 33.8 Å². The predicted octanol–water partition coefficient (Wildman–Crippen LogP) is 3.34. The summed E-state index contributed by atoms with van der Waals surface area (Å²) in [5.74, 6) is 0. The number of hydrogen-bond acceptors (Lipinski definition) is 2. The van der Waals surface area contributed by atoms with Crippen LogP contribution in [0.2, 0.25) is 0 Å². The third kappa shape index (κ3) is 3.94. The van der Waals surface area contributed by atoms with Gasteiger partial charge in [0.05, 0.1) is 11.2 Å². The molecule has 0 amide bonds. The molecule has 0 fully saturated rings. The largest absolute Gasteiger partial charge is 0.416 e. The molecule has 0 aliphatic heterocycles. The van der Waals surface area contributed by atoms with Crippen LogP contribution in [0.4, 0.5) is 13.2 Å². The normalized spacial score (nSPS) is 13.7. The van der Waals surface area contributed by atoms with Crippen LogP contribution in [0.5, 0.6) is 0 Å². The molecule has 2 N–H and O–H groups in total. The fourth-order valence-corrected chi connectivity index (χ4v) is 1.48. The third-order valence-corrected chi connectivity index (χ3v) is 3.57. The van der Waals surface area contributed by atoms with Crippen molar-refractivity contribution >= 4 is 0 Å². The van der Waals surface area contributed by atoms with E-state index in [9.17, 15) is 18.3 Å². The first-order chi connectivity index (χ1) is 8.45. The molecule has 5 heteroatoms. The van der Waals surface area contributed by atoms with Crippen LogP contribution >= 0.6 is 0 Å². The lowest BCUT2D eigenvalue weighted by Gasteiger charge is -2.38. The highest BCUT2D eigenvalue weighted by Crippen LogP contribution is 2.32. The van der Waals surface area contributed by atoms with Gasteiger partial charge in [0.25, 0.3) is 0 Å². The van der Waals surface area contributed by atoms with Crippen LogP contribution in [0.15, 0.2) is 24.3 Å². The van der Waals surface area contributed by atoms with Gasteiger partial charge in [-0.1, -0.05) is 18.2 Å². The Morgan fingerprint density at radius 2 is 1.58 bits per heavy atom. The molecule has 0 radical (unpaired) electrons. The molecule has 2 nitrogen and oxygen atoms in total. The summed E-state index contributed by atoms with van der Waals surface area (Å²) in [5.41, 5.74) is -2.22. The maximum Gasteiger partial charge on any atom is 0.416 e. The Balaban J connectivity index is 2.91. The van der Waals surface area contributed by atoms with Gasteiger partial charge in [-0.05, 0) is 39.3 Å². The molecule has 0 saturated carbocycles. The van der Waals surface area contributed by atoms with Gasteiger partial charge in [-0.3, -0.25) is 0 Å². The molecule has 1 aromatic rings. The molecule has 108 valence electrons. The van der Waals surface area contributed by atoms with Gasteiger partial charge in [0, 0.05) is 12.1 Å². The molecule has 0 spiro atoms. The molecular weight excluding hydrogens is 255 g/mol. The van der Waals surface area contributed by atoms with Crippen molar-refractivity contribution in [2.75, 3.05) is 0 Å². The second-order valence-corrected chi connectivity index (χ2v) is 5.69. The van der Waals surface area contributed by atoms with Gasteiger partial charge in [0.15, 0.2) is 0 Å². The van der Waals surface area contributed by atoms with Crippen LogP contribution in [0.25, 0.3) is 0 Å². The van der Waals surface area contributed by atoms with Gasteiger partial charge in [0.1, 0.15) is 0 Å². The lowest BCUT2D eigenvalue weighted by atomic mass is 9.85. The van der Waals surface area contributed by atoms with Crippen LogP contribution in [-0.4, -0.2) is 16.2 Å². The minimum absolute atomic E-state index is 0.0483. The number of rotatable bonds is 4. The van der Waals surface area contributed by atoms with E-state index < -0.39 is 22.9 Å². The zero-order valence-electron chi connectivity index (χ0n) is 11.6. The Hall–Kier alpha value is -1.07. The average molecular weight is 275 g/mol. The van der Waals surface area contributed by atoms with Crippen LogP contribution in [0.1, 0.15) is 38.8 Å². The minimum Gasteiger partial charge on any atom is -0.389 e. The zero-order chi connectivity index (χ0) is 14.9. The maximum absolute atomic E-state index is 12.8. The van der Waals surface area contributed by atoms with Crippen molar-refractivity contribution in [1.29, 1.82) is 0 Å². The van der Waals surface area contributed by atoms with Crippen molar-refractivity contribution in [1.82, 2.24) is 5.32 Å². The van der Waals surface area contributed by atoms with Gasteiger partial charge in [-0.2, -0.15) is 13.2 Å². The quantitative estimate of drug-likeness (QED) is 0.883. The van der Waals surface area contributed by atoms with Gasteiger partial charge < -0.3 is 10.4 Å². The first-order valence-electron chi connectivity index (χ1n) is 6.08. The van der Waals surface area contributed by atoms with Gasteiger partial charge in [0.2, 0.25) is 0 Å². The molecular formula is C14H20F3NO. The number of hydrogen-bond donors (Lipinski definition) is 2. The molecule has 0 saturated heterocycles. The Kier molecular flexibility index (Phi) is 4.32. The monoisotopic (exact) mass is 275 g/mol. The highest BCUT2D eigenvalue weighted by Gasteiger charge is 2.36. The average Bonchev–Trinajstić information content (AvgIpc) is 2.24. The van der Waals surface area contributed by atoms with E-state index in [1.165, 1.54) is 12.1 Å². The van der Waals surface area contributed by atoms with E-state index in [-0.39, 0.29) is 12.1 Å². The lowest BCUT2D eigenvalue weighted by Crippen LogP contribution is -2.55. The van der Waals surface area contributed by atoms with E-state index in [2.05, 4.69) is 5.32 Å². The summed E-state index contributed by atoms with van der Waals surface area (Å²) in [5, 5.41) is 12.9. The summed E-state index contributed by atoms with van der Waals surface area (Å²) in [6.07, 6.45) is -4.36. The molecule has 19 heavy (non-hydrogen) atoms. The third-order valence-electron chi connectivity index (χ3n) is 3.57. The smallest absolute Gasteiger partial charge is 0.389 e. The van der Waals surface area contributed by atoms with Crippen molar-refractivity contribution in [2.45, 2.75) is 51.6 Å². The van der Waals surface area contributed by atoms with Crippen molar-refractivity contribution in [3.8, 4) is 0 Å². The molecule has 0 aliphatic rings. The fourth-order valence-electron chi connectivity index (χ4n) is 1.48. The first kappa shape index (κ1) is 16.0. The van der Waals surface area contributed by atoms with E-state index in [0.717, 1.165) is 6.07 Å². The summed E-state index contributed by atoms with van der Waals surface area (Å²) in [6, 6.07) is 5.45. The molecule has 0 heterocycles. The van der Waals surface area contributed by atoms with Gasteiger partial charge >= 0.3 is 6.18 Å². The Bertz CT molecular complexity index is 433. The molecule has 0 aromatic heterocycles. The van der Waals surface area contributed by atoms with Crippen molar-refractivity contribution in [3.63, 3.8) is 0 Å². The Morgan fingerprint density at radius 3 is 2.05 bits per heavy atom. The molecule has 0 atom stereocenters. The van der Waals surface area contributed by atoms with Crippen LogP contribution in [0.3, 0.4) is 0 Å². The number of nitrogens with one attached hydrogen (secondary N) is 1. The Morgan fingerprint density at radius 1 is 1.05 bits per heavy atom. The summed E-state index contributed by atoms with van der Waals surface area (Å²) in [7, 11) is 0. The number of benzene rings is 1. The second kappa shape index (κ2) is 5.13. The van der Waals surface area contributed by atoms with Crippen LogP contribution in [0, 0.1) is 0 Å². The fraction of sp³-hybridized carbons (Fsp3) is 0.571. The van der Waals surface area contributed by atoms with E-state index in [4.69, 9.17) is 0 Å². The first-order valence-corrected chi connectivity index (χ1v) is 6.08. The summed E-state index contributed by atoms with van der Waals surface area (Å²) in [4.78, 5) is 0. The molecule has 0 unspecified atom stereocenters. The van der Waals surface area contributed by atoms with E-state index in [1.807, 2.05) is 0 Å². The summed E-state index contributed by atoms with van der Waals surface area (Å²) < 4.78 is 38.5. The molecule has 1 aromatic carbocycles. The van der Waals surface area contributed by atoms with Gasteiger partial charge in [-0.15, -0.1) is 0 Å². The highest BCUT2D eigenvalue weighted by molar-refractivity contribution is 5.29. The molecule has 0 aliphatic carbocycles. The molecule has 1 rings (SSSR count). The molecule has 0 bridgehead atoms. The van der Waals surface area contributed by atoms with E-state index >= 15 is 0 Å². The van der Waals surface area contributed by atoms with E-state index in [0.29, 0.717) is 0 Å². The van der Waals surface area contributed by atoms with Gasteiger partial charge in [-0.25, -0.2) is 0 Å². The number of alkyl halides is 3. The number of aliphatic hydroxyl groups is 1. The highest BCUT2D eigenvalue weighted by atomic mass is 19.4. The van der Waals surface area contributed by atoms with Crippen molar-refractivity contribution < 1.29 is 18.3 Å². The topological polar surface area (TPSA) is 32.3 Å². The van der Waals surface area contributed by atoms with Crippen LogP contribution in [-0.2, 0) is 12.7 Å². The summed E-state index contributed by atoms with van der Waals surface area (Å²) >= 11 is 0. The van der Waals surface area contributed by atoms with Crippen LogP contribution < -0.4 is 5.32 Å². The summed E-state index contributed by atoms with van der Waals surface area (Å²) in [6.45, 7) is 6.80. The lowest BCUT2D eigenvalue weighted by molar-refractivity contribution is -0.138. The Labute approximate surface area is 111 Å². The number of halogens is 3. The predicted molar refractivity (Wildman–Crippen MR) is 68.7 cm³/mol.